The molecule has 2 amide bonds. The SMILES string of the molecule is O=C1CC(C(=O)NC2CCCC(O)C2)CN1. The van der Waals surface area contributed by atoms with Gasteiger partial charge < -0.3 is 15.7 Å². The van der Waals surface area contributed by atoms with E-state index in [1.54, 1.807) is 0 Å². The minimum Gasteiger partial charge on any atom is -0.393 e. The van der Waals surface area contributed by atoms with Gasteiger partial charge in [0.15, 0.2) is 0 Å². The fourth-order valence-corrected chi connectivity index (χ4v) is 2.40. The molecule has 0 bridgehead atoms. The molecule has 16 heavy (non-hydrogen) atoms. The standard InChI is InChI=1S/C11H18N2O3/c14-9-3-1-2-8(5-9)13-11(16)7-4-10(15)12-6-7/h7-9,14H,1-6H2,(H,12,15)(H,13,16). The van der Waals surface area contributed by atoms with Crippen molar-refractivity contribution in [1.29, 1.82) is 0 Å². The van der Waals surface area contributed by atoms with Gasteiger partial charge in [0.05, 0.1) is 12.0 Å². The number of amides is 2. The van der Waals surface area contributed by atoms with E-state index >= 15 is 0 Å². The highest BCUT2D eigenvalue weighted by atomic mass is 16.3. The van der Waals surface area contributed by atoms with Crippen LogP contribution < -0.4 is 10.6 Å². The van der Waals surface area contributed by atoms with Crippen molar-refractivity contribution in [3.63, 3.8) is 0 Å². The highest BCUT2D eigenvalue weighted by molar-refractivity contribution is 5.89. The lowest BCUT2D eigenvalue weighted by molar-refractivity contribution is -0.127. The van der Waals surface area contributed by atoms with Crippen LogP contribution in [-0.4, -0.2) is 35.6 Å². The van der Waals surface area contributed by atoms with E-state index in [0.717, 1.165) is 19.3 Å². The third-order valence-corrected chi connectivity index (χ3v) is 3.34. The monoisotopic (exact) mass is 226 g/mol. The first kappa shape index (κ1) is 11.4. The van der Waals surface area contributed by atoms with Gasteiger partial charge in [-0.05, 0) is 25.7 Å². The van der Waals surface area contributed by atoms with Crippen LogP contribution >= 0.6 is 0 Å². The molecule has 3 atom stereocenters. The van der Waals surface area contributed by atoms with E-state index in [4.69, 9.17) is 0 Å². The lowest BCUT2D eigenvalue weighted by Crippen LogP contribution is -2.43. The van der Waals surface area contributed by atoms with Crippen LogP contribution in [0.5, 0.6) is 0 Å². The molecule has 1 heterocycles. The van der Waals surface area contributed by atoms with Gasteiger partial charge in [-0.25, -0.2) is 0 Å². The molecular weight excluding hydrogens is 208 g/mol. The van der Waals surface area contributed by atoms with Crippen LogP contribution in [0.25, 0.3) is 0 Å². The Bertz CT molecular complexity index is 293. The summed E-state index contributed by atoms with van der Waals surface area (Å²) in [4.78, 5) is 22.8. The summed E-state index contributed by atoms with van der Waals surface area (Å²) in [6.45, 7) is 0.444. The van der Waals surface area contributed by atoms with Crippen LogP contribution in [0.15, 0.2) is 0 Å². The van der Waals surface area contributed by atoms with Gasteiger partial charge in [0.2, 0.25) is 11.8 Å². The topological polar surface area (TPSA) is 78.4 Å². The van der Waals surface area contributed by atoms with Gasteiger partial charge in [-0.3, -0.25) is 9.59 Å². The van der Waals surface area contributed by atoms with Crippen molar-refractivity contribution in [3.8, 4) is 0 Å². The molecule has 0 aromatic carbocycles. The summed E-state index contributed by atoms with van der Waals surface area (Å²) in [5, 5.41) is 15.1. The number of aliphatic hydroxyl groups excluding tert-OH is 1. The Morgan fingerprint density at radius 2 is 2.25 bits per heavy atom. The predicted molar refractivity (Wildman–Crippen MR) is 57.5 cm³/mol. The Hall–Kier alpha value is -1.10. The first-order valence-corrected chi connectivity index (χ1v) is 5.90. The summed E-state index contributed by atoms with van der Waals surface area (Å²) >= 11 is 0. The van der Waals surface area contributed by atoms with E-state index in [1.165, 1.54) is 0 Å². The molecule has 5 heteroatoms. The fraction of sp³-hybridized carbons (Fsp3) is 0.818. The van der Waals surface area contributed by atoms with Gasteiger partial charge in [-0.1, -0.05) is 0 Å². The molecule has 3 unspecified atom stereocenters. The number of rotatable bonds is 2. The Balaban J connectivity index is 1.80. The summed E-state index contributed by atoms with van der Waals surface area (Å²) in [7, 11) is 0. The van der Waals surface area contributed by atoms with Gasteiger partial charge in [-0.2, -0.15) is 0 Å². The lowest BCUT2D eigenvalue weighted by atomic mass is 9.92. The smallest absolute Gasteiger partial charge is 0.225 e. The molecule has 0 aromatic heterocycles. The Kier molecular flexibility index (Phi) is 3.43. The van der Waals surface area contributed by atoms with Crippen LogP contribution in [0.4, 0.5) is 0 Å². The maximum atomic E-state index is 11.8. The molecule has 2 aliphatic rings. The molecule has 1 saturated heterocycles. The van der Waals surface area contributed by atoms with E-state index < -0.39 is 0 Å². The van der Waals surface area contributed by atoms with E-state index in [0.29, 0.717) is 19.4 Å². The Morgan fingerprint density at radius 1 is 1.44 bits per heavy atom. The minimum atomic E-state index is -0.289. The van der Waals surface area contributed by atoms with Gasteiger partial charge in [0.25, 0.3) is 0 Å². The molecule has 0 spiro atoms. The summed E-state index contributed by atoms with van der Waals surface area (Å²) < 4.78 is 0. The third kappa shape index (κ3) is 2.72. The quantitative estimate of drug-likeness (QED) is 0.596. The van der Waals surface area contributed by atoms with E-state index in [9.17, 15) is 14.7 Å². The van der Waals surface area contributed by atoms with Gasteiger partial charge >= 0.3 is 0 Å². The van der Waals surface area contributed by atoms with Crippen molar-refractivity contribution in [2.75, 3.05) is 6.54 Å². The number of nitrogens with one attached hydrogen (secondary N) is 2. The second-order valence-corrected chi connectivity index (χ2v) is 4.73. The van der Waals surface area contributed by atoms with Crippen molar-refractivity contribution in [3.05, 3.63) is 0 Å². The number of aliphatic hydroxyl groups is 1. The van der Waals surface area contributed by atoms with Gasteiger partial charge in [-0.15, -0.1) is 0 Å². The zero-order valence-electron chi connectivity index (χ0n) is 9.24. The largest absolute Gasteiger partial charge is 0.393 e. The van der Waals surface area contributed by atoms with Crippen molar-refractivity contribution < 1.29 is 14.7 Å². The number of hydrogen-bond donors (Lipinski definition) is 3. The van der Waals surface area contributed by atoms with Crippen LogP contribution in [0.3, 0.4) is 0 Å². The van der Waals surface area contributed by atoms with Crippen molar-refractivity contribution in [2.24, 2.45) is 5.92 Å². The molecule has 5 nitrogen and oxygen atoms in total. The third-order valence-electron chi connectivity index (χ3n) is 3.34. The molecule has 1 aliphatic carbocycles. The van der Waals surface area contributed by atoms with Gasteiger partial charge in [0.1, 0.15) is 0 Å². The molecule has 1 aliphatic heterocycles. The van der Waals surface area contributed by atoms with Crippen LogP contribution in [0.2, 0.25) is 0 Å². The molecule has 0 radical (unpaired) electrons. The van der Waals surface area contributed by atoms with E-state index in [2.05, 4.69) is 10.6 Å². The molecule has 1 saturated carbocycles. The second-order valence-electron chi connectivity index (χ2n) is 4.73. The lowest BCUT2D eigenvalue weighted by Gasteiger charge is -2.27. The molecule has 3 N–H and O–H groups in total. The molecule has 2 fully saturated rings. The number of carbonyl (C=O) groups excluding carboxylic acids is 2. The van der Waals surface area contributed by atoms with Crippen molar-refractivity contribution in [1.82, 2.24) is 10.6 Å². The van der Waals surface area contributed by atoms with Crippen molar-refractivity contribution >= 4 is 11.8 Å². The summed E-state index contributed by atoms with van der Waals surface area (Å²) in [6.07, 6.45) is 3.35. The molecule has 2 rings (SSSR count). The van der Waals surface area contributed by atoms with Gasteiger partial charge in [0, 0.05) is 19.0 Å². The van der Waals surface area contributed by atoms with Crippen molar-refractivity contribution in [2.45, 2.75) is 44.2 Å². The normalized spacial score (nSPS) is 34.6. The molecule has 0 aromatic rings. The van der Waals surface area contributed by atoms with Crippen LogP contribution in [0, 0.1) is 5.92 Å². The molecule has 90 valence electrons. The summed E-state index contributed by atoms with van der Waals surface area (Å²) in [5.74, 6) is -0.340. The maximum absolute atomic E-state index is 11.8. The highest BCUT2D eigenvalue weighted by Gasteiger charge is 2.30. The first-order chi connectivity index (χ1) is 7.65. The summed E-state index contributed by atoms with van der Waals surface area (Å²) in [5.41, 5.74) is 0. The number of hydrogen-bond acceptors (Lipinski definition) is 3. The fourth-order valence-electron chi connectivity index (χ4n) is 2.40. The molecular formula is C11H18N2O3. The average Bonchev–Trinajstić information content (AvgIpc) is 2.65. The van der Waals surface area contributed by atoms with E-state index in [1.807, 2.05) is 0 Å². The second kappa shape index (κ2) is 4.82. The van der Waals surface area contributed by atoms with Crippen LogP contribution in [-0.2, 0) is 9.59 Å². The minimum absolute atomic E-state index is 0.0520. The maximum Gasteiger partial charge on any atom is 0.225 e. The number of carbonyl (C=O) groups is 2. The zero-order chi connectivity index (χ0) is 11.5. The highest BCUT2D eigenvalue weighted by Crippen LogP contribution is 2.19. The predicted octanol–water partition coefficient (Wildman–Crippen LogP) is -0.458. The zero-order valence-corrected chi connectivity index (χ0v) is 9.24. The Labute approximate surface area is 94.6 Å². The first-order valence-electron chi connectivity index (χ1n) is 5.90. The summed E-state index contributed by atoms with van der Waals surface area (Å²) in [6, 6.07) is 0.0759. The van der Waals surface area contributed by atoms with Crippen LogP contribution in [0.1, 0.15) is 32.1 Å². The Morgan fingerprint density at radius 3 is 2.88 bits per heavy atom. The van der Waals surface area contributed by atoms with E-state index in [-0.39, 0.29) is 29.9 Å². The average molecular weight is 226 g/mol.